The molecule has 0 aliphatic heterocycles. The molecule has 0 radical (unpaired) electrons. The Kier molecular flexibility index (Phi) is 9.18. The van der Waals surface area contributed by atoms with Crippen LogP contribution >= 0.6 is 27.3 Å². The molecule has 162 valence electrons. The van der Waals surface area contributed by atoms with Crippen LogP contribution in [0, 0.1) is 5.92 Å². The van der Waals surface area contributed by atoms with Gasteiger partial charge in [0.2, 0.25) is 11.0 Å². The smallest absolute Gasteiger partial charge is 0.325 e. The van der Waals surface area contributed by atoms with E-state index in [0.29, 0.717) is 16.6 Å². The predicted octanol–water partition coefficient (Wildman–Crippen LogP) is 3.18. The van der Waals surface area contributed by atoms with Crippen molar-refractivity contribution in [3.63, 3.8) is 0 Å². The molecule has 0 fully saturated rings. The van der Waals surface area contributed by atoms with Gasteiger partial charge >= 0.3 is 12.0 Å². The highest BCUT2D eigenvalue weighted by atomic mass is 79.9. The summed E-state index contributed by atoms with van der Waals surface area (Å²) in [6, 6.07) is 6.15. The zero-order valence-corrected chi connectivity index (χ0v) is 19.3. The zero-order valence-electron chi connectivity index (χ0n) is 16.9. The van der Waals surface area contributed by atoms with Crippen LogP contribution in [0.15, 0.2) is 28.7 Å². The fourth-order valence-corrected chi connectivity index (χ4v) is 3.44. The number of nitrogens with zero attached hydrogens (tertiary/aromatic N) is 2. The molecule has 0 aliphatic rings. The van der Waals surface area contributed by atoms with Gasteiger partial charge in [0.05, 0.1) is 6.61 Å². The third kappa shape index (κ3) is 7.06. The molecule has 1 heterocycles. The average molecular weight is 498 g/mol. The Morgan fingerprint density at radius 3 is 2.50 bits per heavy atom. The van der Waals surface area contributed by atoms with Gasteiger partial charge in [-0.25, -0.2) is 4.79 Å². The summed E-state index contributed by atoms with van der Waals surface area (Å²) in [5, 5.41) is 16.8. The van der Waals surface area contributed by atoms with E-state index >= 15 is 0 Å². The molecule has 1 aromatic carbocycles. The molecule has 1 aromatic heterocycles. The Labute approximate surface area is 187 Å². The summed E-state index contributed by atoms with van der Waals surface area (Å²) in [7, 11) is 0. The number of esters is 1. The van der Waals surface area contributed by atoms with Gasteiger partial charge in [-0.3, -0.25) is 14.9 Å². The number of urea groups is 1. The van der Waals surface area contributed by atoms with Gasteiger partial charge in [0.1, 0.15) is 17.6 Å². The topological polar surface area (TPSA) is 122 Å². The Balaban J connectivity index is 2.00. The maximum absolute atomic E-state index is 12.8. The van der Waals surface area contributed by atoms with Crippen molar-refractivity contribution in [1.29, 1.82) is 0 Å². The molecule has 0 saturated carbocycles. The Bertz CT molecular complexity index is 874. The summed E-state index contributed by atoms with van der Waals surface area (Å²) in [5.74, 6) is -1.10. The summed E-state index contributed by atoms with van der Waals surface area (Å²) in [6.45, 7) is 5.39. The van der Waals surface area contributed by atoms with Crippen molar-refractivity contribution in [3.8, 4) is 10.6 Å². The first-order valence-corrected chi connectivity index (χ1v) is 11.0. The first-order valence-electron chi connectivity index (χ1n) is 9.44. The Morgan fingerprint density at radius 1 is 1.17 bits per heavy atom. The highest BCUT2D eigenvalue weighted by Crippen LogP contribution is 2.27. The summed E-state index contributed by atoms with van der Waals surface area (Å²) in [4.78, 5) is 36.3. The quantitative estimate of drug-likeness (QED) is 0.457. The normalized spacial score (nSPS) is 12.5. The molecule has 3 N–H and O–H groups in total. The molecule has 0 spiro atoms. The number of hydrogen-bond acceptors (Lipinski definition) is 7. The molecule has 0 aliphatic carbocycles. The largest absolute Gasteiger partial charge is 0.465 e. The summed E-state index contributed by atoms with van der Waals surface area (Å²) in [6.07, 6.45) is 0.663. The second-order valence-electron chi connectivity index (χ2n) is 6.40. The Hall–Kier alpha value is -2.53. The van der Waals surface area contributed by atoms with E-state index in [1.807, 2.05) is 38.1 Å². The van der Waals surface area contributed by atoms with Crippen LogP contribution in [0.25, 0.3) is 10.6 Å². The van der Waals surface area contributed by atoms with Crippen LogP contribution in [0.1, 0.15) is 27.2 Å². The number of ether oxygens (including phenoxy) is 1. The van der Waals surface area contributed by atoms with Crippen LogP contribution in [0.5, 0.6) is 0 Å². The molecule has 0 bridgehead atoms. The molecule has 2 rings (SSSR count). The van der Waals surface area contributed by atoms with Crippen molar-refractivity contribution >= 4 is 50.3 Å². The first-order chi connectivity index (χ1) is 14.3. The lowest BCUT2D eigenvalue weighted by Gasteiger charge is -2.23. The van der Waals surface area contributed by atoms with Gasteiger partial charge in [-0.1, -0.05) is 59.7 Å². The molecule has 3 amide bonds. The van der Waals surface area contributed by atoms with E-state index < -0.39 is 23.9 Å². The molecular weight excluding hydrogens is 474 g/mol. The molecule has 2 atom stereocenters. The van der Waals surface area contributed by atoms with Crippen molar-refractivity contribution in [2.45, 2.75) is 33.2 Å². The Morgan fingerprint density at radius 2 is 1.87 bits per heavy atom. The minimum Gasteiger partial charge on any atom is -0.465 e. The lowest BCUT2D eigenvalue weighted by atomic mass is 9.98. The molecule has 2 aromatic rings. The number of carbonyl (C=O) groups is 3. The molecule has 9 nitrogen and oxygen atoms in total. The van der Waals surface area contributed by atoms with Crippen molar-refractivity contribution in [2.24, 2.45) is 5.92 Å². The number of nitrogens with one attached hydrogen (secondary N) is 3. The second-order valence-corrected chi connectivity index (χ2v) is 8.30. The van der Waals surface area contributed by atoms with Gasteiger partial charge in [0.15, 0.2) is 0 Å². The number of benzene rings is 1. The molecule has 0 saturated heterocycles. The van der Waals surface area contributed by atoms with Gasteiger partial charge in [0.25, 0.3) is 0 Å². The van der Waals surface area contributed by atoms with E-state index in [0.717, 1.165) is 10.0 Å². The molecule has 11 heteroatoms. The highest BCUT2D eigenvalue weighted by Gasteiger charge is 2.27. The van der Waals surface area contributed by atoms with Crippen LogP contribution in [0.2, 0.25) is 0 Å². The fraction of sp³-hybridized carbons (Fsp3) is 0.421. The monoisotopic (exact) mass is 497 g/mol. The van der Waals surface area contributed by atoms with E-state index in [1.54, 1.807) is 6.92 Å². The van der Waals surface area contributed by atoms with E-state index in [9.17, 15) is 14.4 Å². The SMILES string of the molecule is CCOC(=O)CNC(=O)N[C@H](C(=O)Nc1nnc(-c2ccc(Br)cc2)s1)[C@H](C)CC. The first kappa shape index (κ1) is 23.7. The van der Waals surface area contributed by atoms with E-state index in [1.165, 1.54) is 11.3 Å². The minimum atomic E-state index is -0.808. The van der Waals surface area contributed by atoms with Gasteiger partial charge in [-0.05, 0) is 25.0 Å². The van der Waals surface area contributed by atoms with Gasteiger partial charge in [-0.2, -0.15) is 0 Å². The van der Waals surface area contributed by atoms with Gasteiger partial charge in [-0.15, -0.1) is 10.2 Å². The second kappa shape index (κ2) is 11.6. The maximum Gasteiger partial charge on any atom is 0.325 e. The van der Waals surface area contributed by atoms with Crippen molar-refractivity contribution in [3.05, 3.63) is 28.7 Å². The fourth-order valence-electron chi connectivity index (χ4n) is 2.42. The van der Waals surface area contributed by atoms with E-state index in [-0.39, 0.29) is 19.1 Å². The van der Waals surface area contributed by atoms with Gasteiger partial charge in [0, 0.05) is 10.0 Å². The number of hydrogen-bond donors (Lipinski definition) is 3. The van der Waals surface area contributed by atoms with Crippen molar-refractivity contribution < 1.29 is 19.1 Å². The van der Waals surface area contributed by atoms with E-state index in [4.69, 9.17) is 4.74 Å². The predicted molar refractivity (Wildman–Crippen MR) is 118 cm³/mol. The minimum absolute atomic E-state index is 0.141. The number of rotatable bonds is 9. The summed E-state index contributed by atoms with van der Waals surface area (Å²) >= 11 is 4.62. The van der Waals surface area contributed by atoms with Crippen LogP contribution in [-0.2, 0) is 14.3 Å². The average Bonchev–Trinajstić information content (AvgIpc) is 3.19. The van der Waals surface area contributed by atoms with Gasteiger partial charge < -0.3 is 15.4 Å². The number of amides is 3. The third-order valence-corrected chi connectivity index (χ3v) is 5.64. The van der Waals surface area contributed by atoms with Crippen molar-refractivity contribution in [2.75, 3.05) is 18.5 Å². The third-order valence-electron chi connectivity index (χ3n) is 4.23. The van der Waals surface area contributed by atoms with E-state index in [2.05, 4.69) is 42.1 Å². The number of anilines is 1. The van der Waals surface area contributed by atoms with Crippen LogP contribution < -0.4 is 16.0 Å². The van der Waals surface area contributed by atoms with Crippen molar-refractivity contribution in [1.82, 2.24) is 20.8 Å². The van der Waals surface area contributed by atoms with Crippen LogP contribution in [0.3, 0.4) is 0 Å². The molecular formula is C19H24BrN5O4S. The summed E-state index contributed by atoms with van der Waals surface area (Å²) in [5.41, 5.74) is 0.881. The molecule has 30 heavy (non-hydrogen) atoms. The maximum atomic E-state index is 12.8. The lowest BCUT2D eigenvalue weighted by Crippen LogP contribution is -2.51. The number of aromatic nitrogens is 2. The lowest BCUT2D eigenvalue weighted by molar-refractivity contribution is -0.141. The standard InChI is InChI=1S/C19H24BrN5O4S/c1-4-11(3)15(22-18(28)21-10-14(26)29-5-2)16(27)23-19-25-24-17(30-19)12-6-8-13(20)9-7-12/h6-9,11,15H,4-5,10H2,1-3H3,(H2,21,22,28)(H,23,25,27)/t11-,15+/m1/s1. The number of halogens is 1. The van der Waals surface area contributed by atoms with Crippen LogP contribution in [-0.4, -0.2) is 47.3 Å². The molecule has 0 unspecified atom stereocenters. The summed E-state index contributed by atoms with van der Waals surface area (Å²) < 4.78 is 5.71. The number of carbonyl (C=O) groups excluding carboxylic acids is 3. The van der Waals surface area contributed by atoms with Crippen LogP contribution in [0.4, 0.5) is 9.93 Å². The zero-order chi connectivity index (χ0) is 22.1. The highest BCUT2D eigenvalue weighted by molar-refractivity contribution is 9.10.